The Hall–Kier alpha value is -3.03. The van der Waals surface area contributed by atoms with Gasteiger partial charge in [-0.1, -0.05) is 0 Å². The van der Waals surface area contributed by atoms with E-state index in [1.165, 1.54) is 36.2 Å². The fraction of sp³-hybridized carbons (Fsp3) is 0.476. The molecule has 0 saturated carbocycles. The molecule has 1 amide bonds. The van der Waals surface area contributed by atoms with Gasteiger partial charge < -0.3 is 25.0 Å². The molecule has 29 heavy (non-hydrogen) atoms. The lowest BCUT2D eigenvalue weighted by Crippen LogP contribution is -2.41. The lowest BCUT2D eigenvalue weighted by molar-refractivity contribution is 0.0870. The predicted molar refractivity (Wildman–Crippen MR) is 111 cm³/mol. The third-order valence-corrected chi connectivity index (χ3v) is 5.50. The Bertz CT molecular complexity index is 815. The van der Waals surface area contributed by atoms with Gasteiger partial charge in [0.15, 0.2) is 0 Å². The Balaban J connectivity index is 1.33. The van der Waals surface area contributed by atoms with E-state index in [2.05, 4.69) is 44.5 Å². The van der Waals surface area contributed by atoms with Crippen LogP contribution < -0.4 is 15.0 Å². The molecule has 1 aromatic heterocycles. The first-order chi connectivity index (χ1) is 14.2. The largest absolute Gasteiger partial charge is 0.474 e. The number of piperidine rings is 2. The van der Waals surface area contributed by atoms with Crippen molar-refractivity contribution in [2.24, 2.45) is 0 Å². The highest BCUT2D eigenvalue weighted by molar-refractivity contribution is 5.65. The molecule has 1 aromatic carbocycles. The summed E-state index contributed by atoms with van der Waals surface area (Å²) in [6, 6.07) is 10.2. The van der Waals surface area contributed by atoms with Crippen LogP contribution in [0.25, 0.3) is 0 Å². The molecule has 0 atom stereocenters. The lowest BCUT2D eigenvalue weighted by atomic mass is 10.1. The first-order valence-corrected chi connectivity index (χ1v) is 10.3. The third-order valence-electron chi connectivity index (χ3n) is 5.50. The Morgan fingerprint density at radius 1 is 1.03 bits per heavy atom. The maximum absolute atomic E-state index is 11.0. The zero-order chi connectivity index (χ0) is 20.1. The van der Waals surface area contributed by atoms with Gasteiger partial charge in [0.05, 0.1) is 0 Å². The Morgan fingerprint density at radius 2 is 1.76 bits per heavy atom. The molecule has 3 heterocycles. The second kappa shape index (κ2) is 8.98. The van der Waals surface area contributed by atoms with E-state index in [0.717, 1.165) is 18.8 Å². The zero-order valence-corrected chi connectivity index (χ0v) is 16.5. The minimum atomic E-state index is -0.872. The fourth-order valence-corrected chi connectivity index (χ4v) is 3.86. The van der Waals surface area contributed by atoms with Crippen molar-refractivity contribution in [3.05, 3.63) is 36.7 Å². The smallest absolute Gasteiger partial charge is 0.407 e. The summed E-state index contributed by atoms with van der Waals surface area (Å²) in [4.78, 5) is 23.3. The number of rotatable bonds is 5. The van der Waals surface area contributed by atoms with Gasteiger partial charge in [-0.3, -0.25) is 0 Å². The van der Waals surface area contributed by atoms with E-state index in [9.17, 15) is 4.79 Å². The van der Waals surface area contributed by atoms with Crippen molar-refractivity contribution >= 4 is 23.3 Å². The molecule has 2 aliphatic rings. The van der Waals surface area contributed by atoms with Crippen LogP contribution in [0.3, 0.4) is 0 Å². The fourth-order valence-electron chi connectivity index (χ4n) is 3.86. The minimum Gasteiger partial charge on any atom is -0.474 e. The van der Waals surface area contributed by atoms with Gasteiger partial charge in [0, 0.05) is 56.5 Å². The normalized spacial score (nSPS) is 17.8. The van der Waals surface area contributed by atoms with Crippen LogP contribution in [0.15, 0.2) is 36.7 Å². The summed E-state index contributed by atoms with van der Waals surface area (Å²) in [6.07, 6.45) is 5.76. The maximum Gasteiger partial charge on any atom is 0.407 e. The van der Waals surface area contributed by atoms with Gasteiger partial charge in [0.2, 0.25) is 5.88 Å². The topological polar surface area (TPSA) is 90.8 Å². The number of nitrogens with zero attached hydrogens (tertiary/aromatic N) is 4. The monoisotopic (exact) mass is 397 g/mol. The number of nitrogens with one attached hydrogen (secondary N) is 1. The molecule has 0 radical (unpaired) electrons. The molecule has 8 heteroatoms. The number of anilines is 3. The van der Waals surface area contributed by atoms with Crippen LogP contribution in [-0.2, 0) is 0 Å². The first kappa shape index (κ1) is 19.3. The van der Waals surface area contributed by atoms with E-state index >= 15 is 0 Å². The Kier molecular flexibility index (Phi) is 5.97. The van der Waals surface area contributed by atoms with E-state index in [1.54, 1.807) is 6.07 Å². The lowest BCUT2D eigenvalue weighted by Gasteiger charge is -2.29. The number of aromatic nitrogens is 2. The highest BCUT2D eigenvalue weighted by Crippen LogP contribution is 2.24. The summed E-state index contributed by atoms with van der Waals surface area (Å²) in [5, 5.41) is 12.3. The molecule has 2 fully saturated rings. The number of amides is 1. The van der Waals surface area contributed by atoms with Crippen LogP contribution in [0.5, 0.6) is 5.88 Å². The summed E-state index contributed by atoms with van der Waals surface area (Å²) in [5.74, 6) is 1.17. The standard InChI is InChI=1S/C21H27N5O3/c27-21(28)26-12-8-18(9-13-26)29-20-14-19(22-15-23-20)24-16-4-6-17(7-5-16)25-10-2-1-3-11-25/h4-7,14-15,18H,1-3,8-13H2,(H,27,28)(H,22,23,24). The second-order valence-corrected chi connectivity index (χ2v) is 7.55. The number of benzene rings is 1. The van der Waals surface area contributed by atoms with Gasteiger partial charge in [-0.05, 0) is 43.5 Å². The van der Waals surface area contributed by atoms with Crippen molar-refractivity contribution in [2.75, 3.05) is 36.4 Å². The van der Waals surface area contributed by atoms with Gasteiger partial charge in [0.25, 0.3) is 0 Å². The van der Waals surface area contributed by atoms with Gasteiger partial charge >= 0.3 is 6.09 Å². The number of carboxylic acid groups (broad SMARTS) is 1. The number of ether oxygens (including phenoxy) is 1. The molecule has 154 valence electrons. The van der Waals surface area contributed by atoms with Crippen LogP contribution >= 0.6 is 0 Å². The van der Waals surface area contributed by atoms with Crippen LogP contribution in [0.1, 0.15) is 32.1 Å². The van der Waals surface area contributed by atoms with E-state index in [4.69, 9.17) is 9.84 Å². The molecular formula is C21H27N5O3. The summed E-state index contributed by atoms with van der Waals surface area (Å²) < 4.78 is 5.94. The maximum atomic E-state index is 11.0. The van der Waals surface area contributed by atoms with Crippen molar-refractivity contribution in [3.8, 4) is 5.88 Å². The van der Waals surface area contributed by atoms with Crippen LogP contribution in [0.4, 0.5) is 22.0 Å². The van der Waals surface area contributed by atoms with Gasteiger partial charge in [-0.2, -0.15) is 0 Å². The minimum absolute atomic E-state index is 0.0304. The van der Waals surface area contributed by atoms with Crippen molar-refractivity contribution in [3.63, 3.8) is 0 Å². The van der Waals surface area contributed by atoms with E-state index in [-0.39, 0.29) is 6.10 Å². The van der Waals surface area contributed by atoms with E-state index < -0.39 is 6.09 Å². The second-order valence-electron chi connectivity index (χ2n) is 7.55. The summed E-state index contributed by atoms with van der Waals surface area (Å²) in [6.45, 7) is 3.23. The van der Waals surface area contributed by atoms with Gasteiger partial charge in [-0.15, -0.1) is 0 Å². The predicted octanol–water partition coefficient (Wildman–Crippen LogP) is 3.73. The average molecular weight is 397 g/mol. The van der Waals surface area contributed by atoms with Crippen molar-refractivity contribution in [1.82, 2.24) is 14.9 Å². The molecule has 4 rings (SSSR count). The van der Waals surface area contributed by atoms with Crippen LogP contribution in [0.2, 0.25) is 0 Å². The van der Waals surface area contributed by atoms with Gasteiger partial charge in [0.1, 0.15) is 18.2 Å². The highest BCUT2D eigenvalue weighted by Gasteiger charge is 2.23. The van der Waals surface area contributed by atoms with E-state index in [0.29, 0.717) is 37.6 Å². The number of hydrogen-bond acceptors (Lipinski definition) is 6. The summed E-state index contributed by atoms with van der Waals surface area (Å²) in [5.41, 5.74) is 2.22. The quantitative estimate of drug-likeness (QED) is 0.794. The Labute approximate surface area is 170 Å². The Morgan fingerprint density at radius 3 is 2.45 bits per heavy atom. The van der Waals surface area contributed by atoms with Crippen molar-refractivity contribution in [1.29, 1.82) is 0 Å². The molecule has 0 aliphatic carbocycles. The number of carbonyl (C=O) groups is 1. The molecule has 2 aromatic rings. The molecule has 0 bridgehead atoms. The SMILES string of the molecule is O=C(O)N1CCC(Oc2cc(Nc3ccc(N4CCCCC4)cc3)ncn2)CC1. The average Bonchev–Trinajstić information content (AvgIpc) is 2.76. The van der Waals surface area contributed by atoms with Crippen LogP contribution in [0, 0.1) is 0 Å². The van der Waals surface area contributed by atoms with Gasteiger partial charge in [-0.25, -0.2) is 14.8 Å². The first-order valence-electron chi connectivity index (χ1n) is 10.3. The third kappa shape index (κ3) is 5.07. The molecule has 0 unspecified atom stereocenters. The van der Waals surface area contributed by atoms with Crippen molar-refractivity contribution < 1.29 is 14.6 Å². The summed E-state index contributed by atoms with van der Waals surface area (Å²) in [7, 11) is 0. The zero-order valence-electron chi connectivity index (χ0n) is 16.5. The molecule has 8 nitrogen and oxygen atoms in total. The molecule has 2 N–H and O–H groups in total. The number of hydrogen-bond donors (Lipinski definition) is 2. The van der Waals surface area contributed by atoms with E-state index in [1.807, 2.05) is 0 Å². The molecule has 2 saturated heterocycles. The van der Waals surface area contributed by atoms with Crippen molar-refractivity contribution in [2.45, 2.75) is 38.2 Å². The number of likely N-dealkylation sites (tertiary alicyclic amines) is 1. The van der Waals surface area contributed by atoms with Crippen LogP contribution in [-0.4, -0.2) is 58.4 Å². The summed E-state index contributed by atoms with van der Waals surface area (Å²) >= 11 is 0. The molecular weight excluding hydrogens is 370 g/mol. The molecule has 2 aliphatic heterocycles. The molecule has 0 spiro atoms. The highest BCUT2D eigenvalue weighted by atomic mass is 16.5.